The summed E-state index contributed by atoms with van der Waals surface area (Å²) < 4.78 is 0. The molecule has 7 nitrogen and oxygen atoms in total. The predicted molar refractivity (Wildman–Crippen MR) is 104 cm³/mol. The van der Waals surface area contributed by atoms with Gasteiger partial charge in [-0.25, -0.2) is 0 Å². The van der Waals surface area contributed by atoms with E-state index in [1.54, 1.807) is 18.2 Å². The third kappa shape index (κ3) is 3.63. The molecular weight excluding hydrogens is 392 g/mol. The Bertz CT molecular complexity index is 1030. The summed E-state index contributed by atoms with van der Waals surface area (Å²) in [5, 5.41) is 4.68. The lowest BCUT2D eigenvalue weighted by atomic mass is 9.92. The first kappa shape index (κ1) is 19.2. The number of thiophene rings is 1. The van der Waals surface area contributed by atoms with Crippen LogP contribution < -0.4 is 5.32 Å². The second kappa shape index (κ2) is 7.71. The van der Waals surface area contributed by atoms with E-state index in [0.29, 0.717) is 5.56 Å². The van der Waals surface area contributed by atoms with Crippen molar-refractivity contribution in [2.75, 3.05) is 0 Å². The largest absolute Gasteiger partial charge is 0.352 e. The molecule has 1 saturated carbocycles. The minimum absolute atomic E-state index is 0.108. The lowest BCUT2D eigenvalue weighted by molar-refractivity contribution is -0.132. The van der Waals surface area contributed by atoms with Gasteiger partial charge in [-0.05, 0) is 29.5 Å². The molecule has 1 aromatic carbocycles. The second-order valence-corrected chi connectivity index (χ2v) is 8.12. The van der Waals surface area contributed by atoms with Gasteiger partial charge in [-0.15, -0.1) is 11.3 Å². The molecule has 8 heteroatoms. The fraction of sp³-hybridized carbons (Fsp3) is 0.286. The Kier molecular flexibility index (Phi) is 5.10. The molecule has 4 rings (SSSR count). The smallest absolute Gasteiger partial charge is 0.262 e. The number of imide groups is 1. The molecule has 1 atom stereocenters. The summed E-state index contributed by atoms with van der Waals surface area (Å²) in [5.41, 5.74) is 0.977. The van der Waals surface area contributed by atoms with Gasteiger partial charge in [0.1, 0.15) is 5.78 Å². The molecule has 1 unspecified atom stereocenters. The molecule has 2 aromatic rings. The van der Waals surface area contributed by atoms with Gasteiger partial charge < -0.3 is 5.32 Å². The maximum Gasteiger partial charge on any atom is 0.262 e. The molecule has 3 amide bonds. The van der Waals surface area contributed by atoms with Crippen molar-refractivity contribution in [3.63, 3.8) is 0 Å². The van der Waals surface area contributed by atoms with Crippen LogP contribution in [0.4, 0.5) is 0 Å². The first-order valence-electron chi connectivity index (χ1n) is 9.29. The van der Waals surface area contributed by atoms with Crippen molar-refractivity contribution in [1.82, 2.24) is 10.2 Å². The zero-order chi connectivity index (χ0) is 20.5. The third-order valence-electron chi connectivity index (χ3n) is 5.17. The summed E-state index contributed by atoms with van der Waals surface area (Å²) in [5.74, 6) is -1.82. The normalized spacial score (nSPS) is 18.9. The summed E-state index contributed by atoms with van der Waals surface area (Å²) in [6.45, 7) is 0.108. The number of carbonyl (C=O) groups is 5. The summed E-state index contributed by atoms with van der Waals surface area (Å²) in [6.07, 6.45) is 0.339. The van der Waals surface area contributed by atoms with E-state index in [4.69, 9.17) is 0 Å². The van der Waals surface area contributed by atoms with Gasteiger partial charge in [0.15, 0.2) is 5.78 Å². The van der Waals surface area contributed by atoms with Gasteiger partial charge in [0.2, 0.25) is 5.91 Å². The highest BCUT2D eigenvalue weighted by molar-refractivity contribution is 7.10. The Morgan fingerprint density at radius 3 is 2.66 bits per heavy atom. The van der Waals surface area contributed by atoms with Gasteiger partial charge in [0, 0.05) is 17.8 Å². The Labute approximate surface area is 170 Å². The monoisotopic (exact) mass is 410 g/mol. The van der Waals surface area contributed by atoms with Gasteiger partial charge in [-0.3, -0.25) is 28.9 Å². The van der Waals surface area contributed by atoms with Crippen LogP contribution >= 0.6 is 11.3 Å². The number of benzene rings is 1. The lowest BCUT2D eigenvalue weighted by Crippen LogP contribution is -2.47. The Balaban J connectivity index is 1.52. The number of hydrogen-bond donors (Lipinski definition) is 1. The second-order valence-electron chi connectivity index (χ2n) is 7.09. The van der Waals surface area contributed by atoms with E-state index in [9.17, 15) is 24.0 Å². The van der Waals surface area contributed by atoms with Crippen LogP contribution in [0.2, 0.25) is 0 Å². The molecule has 1 aliphatic heterocycles. The summed E-state index contributed by atoms with van der Waals surface area (Å²) in [6, 6.07) is 7.73. The van der Waals surface area contributed by atoms with Crippen LogP contribution in [0.5, 0.6) is 0 Å². The highest BCUT2D eigenvalue weighted by Crippen LogP contribution is 2.31. The van der Waals surface area contributed by atoms with E-state index in [0.717, 1.165) is 9.78 Å². The highest BCUT2D eigenvalue weighted by atomic mass is 32.1. The van der Waals surface area contributed by atoms with E-state index >= 15 is 0 Å². The number of nitrogens with one attached hydrogen (secondary N) is 1. The molecule has 1 aliphatic carbocycles. The molecule has 1 aromatic heterocycles. The van der Waals surface area contributed by atoms with Gasteiger partial charge >= 0.3 is 0 Å². The Morgan fingerprint density at radius 1 is 1.10 bits per heavy atom. The van der Waals surface area contributed by atoms with Crippen LogP contribution in [0.3, 0.4) is 0 Å². The number of rotatable bonds is 5. The van der Waals surface area contributed by atoms with E-state index in [1.807, 2.05) is 17.5 Å². The van der Waals surface area contributed by atoms with E-state index < -0.39 is 23.6 Å². The van der Waals surface area contributed by atoms with Gasteiger partial charge in [0.25, 0.3) is 11.8 Å². The van der Waals surface area contributed by atoms with Crippen molar-refractivity contribution < 1.29 is 24.0 Å². The van der Waals surface area contributed by atoms with Crippen LogP contribution in [0.15, 0.2) is 35.7 Å². The fourth-order valence-corrected chi connectivity index (χ4v) is 4.47. The number of ketones is 2. The van der Waals surface area contributed by atoms with E-state index in [2.05, 4.69) is 5.32 Å². The van der Waals surface area contributed by atoms with E-state index in [-0.39, 0.29) is 55.0 Å². The minimum atomic E-state index is -0.902. The minimum Gasteiger partial charge on any atom is -0.352 e. The molecule has 0 bridgehead atoms. The van der Waals surface area contributed by atoms with Crippen LogP contribution in [-0.4, -0.2) is 40.2 Å². The average Bonchev–Trinajstić information content (AvgIpc) is 3.28. The lowest BCUT2D eigenvalue weighted by Gasteiger charge is -2.27. The van der Waals surface area contributed by atoms with Crippen LogP contribution in [0.1, 0.15) is 50.4 Å². The molecule has 148 valence electrons. The number of fused-ring (bicyclic) bond motifs is 1. The fourth-order valence-electron chi connectivity index (χ4n) is 3.76. The van der Waals surface area contributed by atoms with Crippen LogP contribution in [-0.2, 0) is 27.3 Å². The van der Waals surface area contributed by atoms with Crippen molar-refractivity contribution in [2.45, 2.75) is 38.3 Å². The number of hydrogen-bond acceptors (Lipinski definition) is 6. The van der Waals surface area contributed by atoms with Crippen LogP contribution in [0, 0.1) is 0 Å². The number of Topliss-reactive ketones (excluding diaryl/α,β-unsaturated/α-hetero) is 2. The first-order valence-corrected chi connectivity index (χ1v) is 10.2. The van der Waals surface area contributed by atoms with Gasteiger partial charge in [0.05, 0.1) is 30.0 Å². The molecule has 0 spiro atoms. The predicted octanol–water partition coefficient (Wildman–Crippen LogP) is 1.89. The number of amides is 3. The zero-order valence-electron chi connectivity index (χ0n) is 15.5. The molecule has 1 N–H and O–H groups in total. The SMILES string of the molecule is O=C1CCC(N2C(=O)c3cccc(CNC(=O)Cc4cccs4)c3C2=O)C(=O)C1. The molecule has 29 heavy (non-hydrogen) atoms. The average molecular weight is 410 g/mol. The first-order chi connectivity index (χ1) is 14.0. The Morgan fingerprint density at radius 2 is 1.93 bits per heavy atom. The molecule has 0 saturated heterocycles. The highest BCUT2D eigenvalue weighted by Gasteiger charge is 2.45. The molecular formula is C21H18N2O5S. The quantitative estimate of drug-likeness (QED) is 0.599. The third-order valence-corrected chi connectivity index (χ3v) is 6.05. The van der Waals surface area contributed by atoms with Gasteiger partial charge in [-0.2, -0.15) is 0 Å². The van der Waals surface area contributed by atoms with Crippen LogP contribution in [0.25, 0.3) is 0 Å². The van der Waals surface area contributed by atoms with Crippen molar-refractivity contribution in [1.29, 1.82) is 0 Å². The van der Waals surface area contributed by atoms with Crippen molar-refractivity contribution in [3.8, 4) is 0 Å². The molecule has 2 heterocycles. The van der Waals surface area contributed by atoms with Crippen molar-refractivity contribution in [3.05, 3.63) is 57.3 Å². The molecule has 0 radical (unpaired) electrons. The maximum atomic E-state index is 13.0. The standard InChI is InChI=1S/C21H18N2O5S/c24-13-6-7-16(17(25)9-13)23-20(27)15-5-1-3-12(19(15)21(23)28)11-22-18(26)10-14-4-2-8-29-14/h1-5,8,16H,6-7,9-11H2,(H,22,26). The van der Waals surface area contributed by atoms with Crippen molar-refractivity contribution in [2.24, 2.45) is 0 Å². The molecule has 2 aliphatic rings. The van der Waals surface area contributed by atoms with E-state index in [1.165, 1.54) is 11.3 Å². The van der Waals surface area contributed by atoms with Gasteiger partial charge in [-0.1, -0.05) is 18.2 Å². The summed E-state index contributed by atoms with van der Waals surface area (Å²) in [7, 11) is 0. The number of carbonyl (C=O) groups excluding carboxylic acids is 5. The summed E-state index contributed by atoms with van der Waals surface area (Å²) in [4.78, 5) is 63.7. The maximum absolute atomic E-state index is 13.0. The summed E-state index contributed by atoms with van der Waals surface area (Å²) >= 11 is 1.49. The topological polar surface area (TPSA) is 101 Å². The zero-order valence-corrected chi connectivity index (χ0v) is 16.3. The number of nitrogens with zero attached hydrogens (tertiary/aromatic N) is 1. The Hall–Kier alpha value is -3.13. The molecule has 1 fully saturated rings. The van der Waals surface area contributed by atoms with Crippen molar-refractivity contribution >= 4 is 40.6 Å².